The van der Waals surface area contributed by atoms with Crippen LogP contribution in [-0.2, 0) is 24.2 Å². The molecule has 1 saturated heterocycles. The molecule has 2 aromatic rings. The van der Waals surface area contributed by atoms with Crippen molar-refractivity contribution >= 4 is 5.91 Å². The van der Waals surface area contributed by atoms with Gasteiger partial charge in [-0.1, -0.05) is 36.3 Å². The van der Waals surface area contributed by atoms with E-state index in [4.69, 9.17) is 4.52 Å². The van der Waals surface area contributed by atoms with Crippen LogP contribution >= 0.6 is 0 Å². The molecular weight excluding hydrogens is 352 g/mol. The van der Waals surface area contributed by atoms with Crippen LogP contribution < -0.4 is 0 Å². The second-order valence-corrected chi connectivity index (χ2v) is 7.64. The Kier molecular flexibility index (Phi) is 7.60. The fourth-order valence-corrected chi connectivity index (χ4v) is 3.67. The van der Waals surface area contributed by atoms with Crippen molar-refractivity contribution in [1.82, 2.24) is 19.9 Å². The fraction of sp³-hybridized carbons (Fsp3) is 0.591. The van der Waals surface area contributed by atoms with Gasteiger partial charge in [-0.3, -0.25) is 9.69 Å². The first-order chi connectivity index (χ1) is 13.7. The number of amides is 1. The quantitative estimate of drug-likeness (QED) is 0.698. The zero-order valence-corrected chi connectivity index (χ0v) is 17.2. The van der Waals surface area contributed by atoms with Crippen LogP contribution in [0.25, 0.3) is 0 Å². The molecule has 3 rings (SSSR count). The number of hydrogen-bond donors (Lipinski definition) is 0. The van der Waals surface area contributed by atoms with Crippen molar-refractivity contribution in [3.05, 3.63) is 47.1 Å². The molecule has 0 atom stereocenters. The molecule has 0 aliphatic carbocycles. The van der Waals surface area contributed by atoms with Gasteiger partial charge in [0.25, 0.3) is 0 Å². The van der Waals surface area contributed by atoms with Gasteiger partial charge in [0.1, 0.15) is 0 Å². The molecule has 0 unspecified atom stereocenters. The van der Waals surface area contributed by atoms with E-state index < -0.39 is 0 Å². The third-order valence-electron chi connectivity index (χ3n) is 5.36. The Morgan fingerprint density at radius 1 is 1.14 bits per heavy atom. The van der Waals surface area contributed by atoms with Crippen LogP contribution in [0.1, 0.15) is 55.4 Å². The van der Waals surface area contributed by atoms with Crippen molar-refractivity contribution in [3.8, 4) is 0 Å². The number of carbonyl (C=O) groups excluding carboxylic acids is 1. The Balaban J connectivity index is 1.41. The molecule has 0 N–H and O–H groups in total. The summed E-state index contributed by atoms with van der Waals surface area (Å²) in [5.41, 5.74) is 2.71. The van der Waals surface area contributed by atoms with E-state index >= 15 is 0 Å². The summed E-state index contributed by atoms with van der Waals surface area (Å²) < 4.78 is 5.25. The molecule has 1 amide bonds. The largest absolute Gasteiger partial charge is 0.341 e. The summed E-state index contributed by atoms with van der Waals surface area (Å²) in [6.45, 7) is 8.86. The first-order valence-electron chi connectivity index (χ1n) is 10.5. The Morgan fingerprint density at radius 3 is 2.82 bits per heavy atom. The van der Waals surface area contributed by atoms with Crippen LogP contribution in [0.5, 0.6) is 0 Å². The molecule has 6 nitrogen and oxygen atoms in total. The van der Waals surface area contributed by atoms with Gasteiger partial charge in [0, 0.05) is 52.0 Å². The van der Waals surface area contributed by atoms with Gasteiger partial charge in [-0.05, 0) is 37.3 Å². The lowest BCUT2D eigenvalue weighted by molar-refractivity contribution is -0.131. The first-order valence-corrected chi connectivity index (χ1v) is 10.5. The third kappa shape index (κ3) is 5.89. The third-order valence-corrected chi connectivity index (χ3v) is 5.36. The van der Waals surface area contributed by atoms with E-state index in [0.29, 0.717) is 18.7 Å². The second-order valence-electron chi connectivity index (χ2n) is 7.64. The molecule has 1 fully saturated rings. The zero-order chi connectivity index (χ0) is 19.8. The van der Waals surface area contributed by atoms with Crippen LogP contribution in [0.2, 0.25) is 0 Å². The fourth-order valence-electron chi connectivity index (χ4n) is 3.67. The Morgan fingerprint density at radius 2 is 2.00 bits per heavy atom. The molecule has 0 bridgehead atoms. The standard InChI is InChI=1S/C22H32N4O2/c1-3-8-20-23-21(28-24-20)11-6-12-22(27)26-14-7-13-25(15-16-26)17-19-10-5-4-9-18(19)2/h4-5,9-10H,3,6-8,11-17H2,1-2H3. The van der Waals surface area contributed by atoms with Gasteiger partial charge in [0.05, 0.1) is 0 Å². The van der Waals surface area contributed by atoms with Gasteiger partial charge in [0.15, 0.2) is 5.82 Å². The smallest absolute Gasteiger partial charge is 0.226 e. The number of benzene rings is 1. The highest BCUT2D eigenvalue weighted by atomic mass is 16.5. The van der Waals surface area contributed by atoms with Crippen molar-refractivity contribution in [3.63, 3.8) is 0 Å². The molecule has 6 heteroatoms. The van der Waals surface area contributed by atoms with Gasteiger partial charge in [-0.2, -0.15) is 4.98 Å². The summed E-state index contributed by atoms with van der Waals surface area (Å²) in [7, 11) is 0. The minimum atomic E-state index is 0.242. The monoisotopic (exact) mass is 384 g/mol. The molecular formula is C22H32N4O2. The van der Waals surface area contributed by atoms with Crippen LogP contribution in [0, 0.1) is 6.92 Å². The molecule has 0 radical (unpaired) electrons. The number of rotatable bonds is 8. The summed E-state index contributed by atoms with van der Waals surface area (Å²) in [6, 6.07) is 8.55. The second kappa shape index (κ2) is 10.4. The number of hydrogen-bond acceptors (Lipinski definition) is 5. The summed E-state index contributed by atoms with van der Waals surface area (Å²) in [5, 5.41) is 3.97. The lowest BCUT2D eigenvalue weighted by Gasteiger charge is -2.22. The summed E-state index contributed by atoms with van der Waals surface area (Å²) >= 11 is 0. The highest BCUT2D eigenvalue weighted by molar-refractivity contribution is 5.76. The highest BCUT2D eigenvalue weighted by Gasteiger charge is 2.19. The lowest BCUT2D eigenvalue weighted by atomic mass is 10.1. The Hall–Kier alpha value is -2.21. The average Bonchev–Trinajstić information content (AvgIpc) is 3.00. The number of aryl methyl sites for hydroxylation is 3. The van der Waals surface area contributed by atoms with Crippen LogP contribution in [0.4, 0.5) is 0 Å². The first kappa shape index (κ1) is 20.5. The predicted molar refractivity (Wildman–Crippen MR) is 109 cm³/mol. The predicted octanol–water partition coefficient (Wildman–Crippen LogP) is 3.39. The molecule has 1 aromatic carbocycles. The maximum atomic E-state index is 12.6. The molecule has 152 valence electrons. The van der Waals surface area contributed by atoms with Crippen molar-refractivity contribution < 1.29 is 9.32 Å². The minimum absolute atomic E-state index is 0.242. The maximum Gasteiger partial charge on any atom is 0.226 e. The molecule has 1 aliphatic heterocycles. The summed E-state index contributed by atoms with van der Waals surface area (Å²) in [6.07, 6.45) is 4.86. The van der Waals surface area contributed by atoms with Crippen molar-refractivity contribution in [2.75, 3.05) is 26.2 Å². The van der Waals surface area contributed by atoms with Crippen molar-refractivity contribution in [2.45, 2.75) is 58.9 Å². The van der Waals surface area contributed by atoms with E-state index in [1.807, 2.05) is 4.90 Å². The van der Waals surface area contributed by atoms with E-state index in [2.05, 4.69) is 53.2 Å². The van der Waals surface area contributed by atoms with E-state index in [-0.39, 0.29) is 5.91 Å². The van der Waals surface area contributed by atoms with Crippen molar-refractivity contribution in [2.24, 2.45) is 0 Å². The minimum Gasteiger partial charge on any atom is -0.341 e. The maximum absolute atomic E-state index is 12.6. The average molecular weight is 385 g/mol. The SMILES string of the molecule is CCCc1noc(CCCC(=O)N2CCCN(Cc3ccccc3C)CC2)n1. The molecule has 1 aromatic heterocycles. The summed E-state index contributed by atoms with van der Waals surface area (Å²) in [5.74, 6) is 1.66. The van der Waals surface area contributed by atoms with Crippen molar-refractivity contribution in [1.29, 1.82) is 0 Å². The normalized spacial score (nSPS) is 15.6. The van der Waals surface area contributed by atoms with Gasteiger partial charge in [-0.15, -0.1) is 0 Å². The molecule has 2 heterocycles. The van der Waals surface area contributed by atoms with Crippen LogP contribution in [-0.4, -0.2) is 52.0 Å². The lowest BCUT2D eigenvalue weighted by Crippen LogP contribution is -2.35. The van der Waals surface area contributed by atoms with E-state index in [1.165, 1.54) is 11.1 Å². The van der Waals surface area contributed by atoms with Crippen LogP contribution in [0.15, 0.2) is 28.8 Å². The molecule has 0 saturated carbocycles. The zero-order valence-electron chi connectivity index (χ0n) is 17.2. The highest BCUT2D eigenvalue weighted by Crippen LogP contribution is 2.14. The Labute approximate surface area is 167 Å². The van der Waals surface area contributed by atoms with Gasteiger partial charge >= 0.3 is 0 Å². The molecule has 0 spiro atoms. The molecule has 28 heavy (non-hydrogen) atoms. The number of carbonyl (C=O) groups is 1. The topological polar surface area (TPSA) is 62.5 Å². The molecule has 1 aliphatic rings. The number of aromatic nitrogens is 2. The van der Waals surface area contributed by atoms with E-state index in [1.54, 1.807) is 0 Å². The Bertz CT molecular complexity index is 758. The number of nitrogens with zero attached hydrogens (tertiary/aromatic N) is 4. The van der Waals surface area contributed by atoms with Crippen LogP contribution in [0.3, 0.4) is 0 Å². The van der Waals surface area contributed by atoms with Gasteiger partial charge in [0.2, 0.25) is 11.8 Å². The van der Waals surface area contributed by atoms with E-state index in [9.17, 15) is 4.79 Å². The van der Waals surface area contributed by atoms with E-state index in [0.717, 1.165) is 64.2 Å². The van der Waals surface area contributed by atoms with Gasteiger partial charge in [-0.25, -0.2) is 0 Å². The summed E-state index contributed by atoms with van der Waals surface area (Å²) in [4.78, 5) is 21.5. The van der Waals surface area contributed by atoms with Gasteiger partial charge < -0.3 is 9.42 Å².